The highest BCUT2D eigenvalue weighted by Gasteiger charge is 2.34. The summed E-state index contributed by atoms with van der Waals surface area (Å²) >= 11 is 0. The van der Waals surface area contributed by atoms with Gasteiger partial charge in [0.05, 0.1) is 16.6 Å². The number of fused-ring (bicyclic) bond motifs is 1. The van der Waals surface area contributed by atoms with Crippen LogP contribution >= 0.6 is 0 Å². The first-order valence-corrected chi connectivity index (χ1v) is 8.71. The molecule has 2 heterocycles. The Bertz CT molecular complexity index is 734. The van der Waals surface area contributed by atoms with Gasteiger partial charge < -0.3 is 14.5 Å². The second-order valence-corrected chi connectivity index (χ2v) is 6.86. The van der Waals surface area contributed by atoms with Gasteiger partial charge in [-0.2, -0.15) is 0 Å². The second kappa shape index (κ2) is 6.89. The monoisotopic (exact) mass is 331 g/mol. The predicted molar refractivity (Wildman–Crippen MR) is 91.0 cm³/mol. The lowest BCUT2D eigenvalue weighted by molar-refractivity contribution is 0.0738. The molecule has 1 saturated carbocycles. The first-order chi connectivity index (χ1) is 11.5. The van der Waals surface area contributed by atoms with Crippen molar-refractivity contribution in [2.75, 3.05) is 13.2 Å². The summed E-state index contributed by atoms with van der Waals surface area (Å²) in [6.45, 7) is 6.77. The topological polar surface area (TPSA) is 79.5 Å². The van der Waals surface area contributed by atoms with E-state index in [4.69, 9.17) is 9.63 Å². The predicted octanol–water partition coefficient (Wildman–Crippen LogP) is 3.03. The molecule has 1 aliphatic carbocycles. The third kappa shape index (κ3) is 3.29. The standard InChI is InChI=1S/C18H25N3O3/c1-11(2)15-10-14(16-12(3)20-24-17(16)19-15)18(23)21(13-6-7-13)8-4-5-9-22/h10-11,13,22H,4-9H2,1-3H3. The van der Waals surface area contributed by atoms with Crippen LogP contribution in [0.2, 0.25) is 0 Å². The molecule has 0 radical (unpaired) electrons. The van der Waals surface area contributed by atoms with E-state index in [1.54, 1.807) is 0 Å². The maximum atomic E-state index is 13.2. The Morgan fingerprint density at radius 2 is 2.17 bits per heavy atom. The van der Waals surface area contributed by atoms with E-state index >= 15 is 0 Å². The summed E-state index contributed by atoms with van der Waals surface area (Å²) in [5, 5.41) is 13.7. The van der Waals surface area contributed by atoms with E-state index in [2.05, 4.69) is 10.1 Å². The largest absolute Gasteiger partial charge is 0.396 e. The molecule has 0 bridgehead atoms. The highest BCUT2D eigenvalue weighted by atomic mass is 16.5. The lowest BCUT2D eigenvalue weighted by Crippen LogP contribution is -2.34. The SMILES string of the molecule is Cc1noc2nc(C(C)C)cc(C(=O)N(CCCCO)C3CC3)c12. The van der Waals surface area contributed by atoms with Gasteiger partial charge in [0, 0.05) is 24.9 Å². The molecule has 0 saturated heterocycles. The summed E-state index contributed by atoms with van der Waals surface area (Å²) in [5.74, 6) is 0.228. The zero-order chi connectivity index (χ0) is 17.3. The Morgan fingerprint density at radius 1 is 1.42 bits per heavy atom. The number of rotatable bonds is 7. The third-order valence-electron chi connectivity index (χ3n) is 4.51. The van der Waals surface area contributed by atoms with Crippen molar-refractivity contribution < 1.29 is 14.4 Å². The average molecular weight is 331 g/mol. The van der Waals surface area contributed by atoms with Gasteiger partial charge in [-0.15, -0.1) is 0 Å². The minimum Gasteiger partial charge on any atom is -0.396 e. The number of hydrogen-bond donors (Lipinski definition) is 1. The minimum absolute atomic E-state index is 0.0241. The van der Waals surface area contributed by atoms with E-state index in [0.717, 1.165) is 30.3 Å². The van der Waals surface area contributed by atoms with Crippen LogP contribution in [-0.2, 0) is 0 Å². The highest BCUT2D eigenvalue weighted by Crippen LogP contribution is 2.32. The summed E-state index contributed by atoms with van der Waals surface area (Å²) in [7, 11) is 0. The number of aliphatic hydroxyl groups excluding tert-OH is 1. The Balaban J connectivity index is 1.99. The van der Waals surface area contributed by atoms with Gasteiger partial charge in [0.25, 0.3) is 11.6 Å². The second-order valence-electron chi connectivity index (χ2n) is 6.86. The van der Waals surface area contributed by atoms with E-state index in [1.807, 2.05) is 31.7 Å². The molecule has 1 fully saturated rings. The zero-order valence-electron chi connectivity index (χ0n) is 14.6. The van der Waals surface area contributed by atoms with Crippen molar-refractivity contribution in [3.8, 4) is 0 Å². The van der Waals surface area contributed by atoms with Gasteiger partial charge in [0.1, 0.15) is 0 Å². The molecule has 2 aromatic heterocycles. The van der Waals surface area contributed by atoms with Gasteiger partial charge in [0.2, 0.25) is 0 Å². The number of aryl methyl sites for hydroxylation is 1. The smallest absolute Gasteiger partial charge is 0.259 e. The Labute approximate surface area is 141 Å². The summed E-state index contributed by atoms with van der Waals surface area (Å²) in [4.78, 5) is 19.7. The van der Waals surface area contributed by atoms with Crippen LogP contribution in [0.1, 0.15) is 67.2 Å². The van der Waals surface area contributed by atoms with Crippen molar-refractivity contribution in [3.05, 3.63) is 23.0 Å². The first-order valence-electron chi connectivity index (χ1n) is 8.71. The van der Waals surface area contributed by atoms with Crippen molar-refractivity contribution in [1.29, 1.82) is 0 Å². The van der Waals surface area contributed by atoms with Crippen LogP contribution in [0.25, 0.3) is 11.1 Å². The maximum absolute atomic E-state index is 13.2. The van der Waals surface area contributed by atoms with E-state index in [-0.39, 0.29) is 18.4 Å². The number of carbonyl (C=O) groups is 1. The molecule has 1 aliphatic rings. The van der Waals surface area contributed by atoms with Crippen molar-refractivity contribution in [1.82, 2.24) is 15.0 Å². The molecular formula is C18H25N3O3. The van der Waals surface area contributed by atoms with E-state index in [9.17, 15) is 4.79 Å². The number of unbranched alkanes of at least 4 members (excludes halogenated alkanes) is 1. The van der Waals surface area contributed by atoms with Gasteiger partial charge in [-0.1, -0.05) is 19.0 Å². The zero-order valence-corrected chi connectivity index (χ0v) is 14.6. The van der Waals surface area contributed by atoms with Crippen LogP contribution in [-0.4, -0.2) is 45.2 Å². The summed E-state index contributed by atoms with van der Waals surface area (Å²) in [5.41, 5.74) is 2.61. The van der Waals surface area contributed by atoms with Crippen LogP contribution in [0.15, 0.2) is 10.6 Å². The van der Waals surface area contributed by atoms with Crippen LogP contribution in [0.3, 0.4) is 0 Å². The maximum Gasteiger partial charge on any atom is 0.259 e. The van der Waals surface area contributed by atoms with Gasteiger partial charge in [-0.25, -0.2) is 4.98 Å². The summed E-state index contributed by atoms with van der Waals surface area (Å²) < 4.78 is 5.32. The number of hydrogen-bond acceptors (Lipinski definition) is 5. The lowest BCUT2D eigenvalue weighted by atomic mass is 10.0. The highest BCUT2D eigenvalue weighted by molar-refractivity contribution is 6.06. The molecule has 1 N–H and O–H groups in total. The fourth-order valence-corrected chi connectivity index (χ4v) is 2.96. The Morgan fingerprint density at radius 3 is 2.79 bits per heavy atom. The number of amides is 1. The molecule has 2 aromatic rings. The van der Waals surface area contributed by atoms with Crippen LogP contribution in [0, 0.1) is 6.92 Å². The molecule has 130 valence electrons. The Kier molecular flexibility index (Phi) is 4.85. The first kappa shape index (κ1) is 16.9. The average Bonchev–Trinajstić information content (AvgIpc) is 3.33. The van der Waals surface area contributed by atoms with E-state index < -0.39 is 0 Å². The van der Waals surface area contributed by atoms with Crippen molar-refractivity contribution in [3.63, 3.8) is 0 Å². The lowest BCUT2D eigenvalue weighted by Gasteiger charge is -2.23. The molecule has 0 aliphatic heterocycles. The van der Waals surface area contributed by atoms with E-state index in [0.29, 0.717) is 36.0 Å². The van der Waals surface area contributed by atoms with Crippen LogP contribution < -0.4 is 0 Å². The molecule has 6 heteroatoms. The molecule has 24 heavy (non-hydrogen) atoms. The summed E-state index contributed by atoms with van der Waals surface area (Å²) in [6, 6.07) is 2.21. The van der Waals surface area contributed by atoms with Crippen molar-refractivity contribution >= 4 is 17.0 Å². The molecule has 1 amide bonds. The molecule has 0 unspecified atom stereocenters. The fraction of sp³-hybridized carbons (Fsp3) is 0.611. The van der Waals surface area contributed by atoms with Crippen molar-refractivity contribution in [2.45, 2.75) is 58.4 Å². The molecule has 3 rings (SSSR count). The summed E-state index contributed by atoms with van der Waals surface area (Å²) in [6.07, 6.45) is 3.63. The van der Waals surface area contributed by atoms with Crippen LogP contribution in [0.5, 0.6) is 0 Å². The third-order valence-corrected chi connectivity index (χ3v) is 4.51. The number of aromatic nitrogens is 2. The normalized spacial score (nSPS) is 14.5. The van der Waals surface area contributed by atoms with Gasteiger partial charge in [-0.05, 0) is 44.6 Å². The van der Waals surface area contributed by atoms with Gasteiger partial charge >= 0.3 is 0 Å². The molecular weight excluding hydrogens is 306 g/mol. The quantitative estimate of drug-likeness (QED) is 0.789. The Hall–Kier alpha value is -1.95. The van der Waals surface area contributed by atoms with Gasteiger partial charge in [0.15, 0.2) is 0 Å². The molecule has 0 aromatic carbocycles. The fourth-order valence-electron chi connectivity index (χ4n) is 2.96. The van der Waals surface area contributed by atoms with E-state index in [1.165, 1.54) is 0 Å². The molecule has 6 nitrogen and oxygen atoms in total. The molecule has 0 atom stereocenters. The number of nitrogens with zero attached hydrogens (tertiary/aromatic N) is 3. The number of pyridine rings is 1. The van der Waals surface area contributed by atoms with Gasteiger partial charge in [-0.3, -0.25) is 4.79 Å². The minimum atomic E-state index is 0.0241. The number of carbonyl (C=O) groups excluding carboxylic acids is 1. The number of aliphatic hydroxyl groups is 1. The molecule has 0 spiro atoms. The van der Waals surface area contributed by atoms with Crippen molar-refractivity contribution in [2.24, 2.45) is 0 Å². The van der Waals surface area contributed by atoms with Crippen LogP contribution in [0.4, 0.5) is 0 Å².